The molecule has 3 heterocycles. The molecule has 7 nitrogen and oxygen atoms in total. The number of hydrogen-bond donors (Lipinski definition) is 1. The molecule has 3 rings (SSSR count). The number of aryl methyl sites for hydroxylation is 1. The number of imidazole rings is 1. The summed E-state index contributed by atoms with van der Waals surface area (Å²) in [6.45, 7) is 11.5. The van der Waals surface area contributed by atoms with E-state index in [1.54, 1.807) is 0 Å². The molecule has 0 aromatic carbocycles. The lowest BCUT2D eigenvalue weighted by atomic mass is 9.91. The van der Waals surface area contributed by atoms with Crippen molar-refractivity contribution in [2.45, 2.75) is 71.9 Å². The molecule has 1 N–H and O–H groups in total. The molecule has 174 valence electrons. The van der Waals surface area contributed by atoms with Crippen molar-refractivity contribution in [2.24, 2.45) is 24.8 Å². The topological polar surface area (TPSA) is 70.5 Å². The first-order valence-electron chi connectivity index (χ1n) is 12.0. The van der Waals surface area contributed by atoms with Crippen LogP contribution in [0.15, 0.2) is 12.4 Å². The molecule has 0 aliphatic carbocycles. The summed E-state index contributed by atoms with van der Waals surface area (Å²) in [5.41, 5.74) is 0. The van der Waals surface area contributed by atoms with E-state index in [1.165, 1.54) is 0 Å². The average molecular weight is 432 g/mol. The molecule has 2 aliphatic heterocycles. The second-order valence-corrected chi connectivity index (χ2v) is 10.2. The number of piperazine rings is 1. The van der Waals surface area contributed by atoms with E-state index < -0.39 is 0 Å². The SMILES string of the molecule is CC(C)C[C@@H]1NCCN([C@@H](CC(C)C)C(=O)N2CCC(Cc3nccn3C)CC2)C1=O. The van der Waals surface area contributed by atoms with Crippen LogP contribution < -0.4 is 5.32 Å². The number of nitrogens with one attached hydrogen (secondary N) is 1. The molecule has 0 unspecified atom stereocenters. The molecule has 0 saturated carbocycles. The molecule has 2 fully saturated rings. The molecule has 1 aromatic rings. The third-order valence-electron chi connectivity index (χ3n) is 6.71. The van der Waals surface area contributed by atoms with Crippen LogP contribution in [0.1, 0.15) is 59.2 Å². The fraction of sp³-hybridized carbons (Fsp3) is 0.792. The first-order valence-corrected chi connectivity index (χ1v) is 12.0. The van der Waals surface area contributed by atoms with Crippen LogP contribution in [0.5, 0.6) is 0 Å². The van der Waals surface area contributed by atoms with Crippen molar-refractivity contribution in [3.8, 4) is 0 Å². The Hall–Kier alpha value is -1.89. The van der Waals surface area contributed by atoms with E-state index in [9.17, 15) is 9.59 Å². The van der Waals surface area contributed by atoms with Crippen LogP contribution in [0.2, 0.25) is 0 Å². The Bertz CT molecular complexity index is 736. The number of nitrogens with zero attached hydrogens (tertiary/aromatic N) is 4. The Balaban J connectivity index is 1.63. The molecule has 2 amide bonds. The summed E-state index contributed by atoms with van der Waals surface area (Å²) in [6.07, 6.45) is 8.34. The molecule has 2 saturated heterocycles. The summed E-state index contributed by atoms with van der Waals surface area (Å²) in [6, 6.07) is -0.505. The number of piperidine rings is 1. The van der Waals surface area contributed by atoms with Crippen molar-refractivity contribution in [1.29, 1.82) is 0 Å². The van der Waals surface area contributed by atoms with Gasteiger partial charge >= 0.3 is 0 Å². The average Bonchev–Trinajstić information content (AvgIpc) is 3.12. The van der Waals surface area contributed by atoms with Gasteiger partial charge in [-0.15, -0.1) is 0 Å². The maximum atomic E-state index is 13.6. The second-order valence-electron chi connectivity index (χ2n) is 10.2. The third kappa shape index (κ3) is 6.09. The van der Waals surface area contributed by atoms with Crippen LogP contribution in [-0.2, 0) is 23.1 Å². The highest BCUT2D eigenvalue weighted by Crippen LogP contribution is 2.25. The zero-order valence-electron chi connectivity index (χ0n) is 20.0. The second kappa shape index (κ2) is 10.6. The maximum absolute atomic E-state index is 13.6. The Kier molecular flexibility index (Phi) is 8.14. The van der Waals surface area contributed by atoms with E-state index in [0.717, 1.165) is 57.6 Å². The van der Waals surface area contributed by atoms with Gasteiger partial charge in [0, 0.05) is 52.0 Å². The largest absolute Gasteiger partial charge is 0.341 e. The highest BCUT2D eigenvalue weighted by molar-refractivity contribution is 5.90. The van der Waals surface area contributed by atoms with Crippen molar-refractivity contribution < 1.29 is 9.59 Å². The van der Waals surface area contributed by atoms with Crippen molar-refractivity contribution in [3.63, 3.8) is 0 Å². The Labute approximate surface area is 187 Å². The van der Waals surface area contributed by atoms with E-state index in [2.05, 4.69) is 42.6 Å². The minimum atomic E-state index is -0.338. The summed E-state index contributed by atoms with van der Waals surface area (Å²) < 4.78 is 2.08. The van der Waals surface area contributed by atoms with Crippen LogP contribution in [0.3, 0.4) is 0 Å². The smallest absolute Gasteiger partial charge is 0.245 e. The van der Waals surface area contributed by atoms with Crippen molar-refractivity contribution in [3.05, 3.63) is 18.2 Å². The van der Waals surface area contributed by atoms with Gasteiger partial charge in [0.05, 0.1) is 6.04 Å². The van der Waals surface area contributed by atoms with Gasteiger partial charge in [-0.25, -0.2) is 4.98 Å². The number of rotatable bonds is 8. The van der Waals surface area contributed by atoms with Crippen LogP contribution in [0.25, 0.3) is 0 Å². The highest BCUT2D eigenvalue weighted by atomic mass is 16.2. The Morgan fingerprint density at radius 1 is 1.16 bits per heavy atom. The van der Waals surface area contributed by atoms with Gasteiger partial charge in [-0.2, -0.15) is 0 Å². The van der Waals surface area contributed by atoms with Crippen molar-refractivity contribution in [2.75, 3.05) is 26.2 Å². The number of aromatic nitrogens is 2. The summed E-state index contributed by atoms with van der Waals surface area (Å²) in [4.78, 5) is 35.1. The van der Waals surface area contributed by atoms with Crippen molar-refractivity contribution in [1.82, 2.24) is 24.7 Å². The monoisotopic (exact) mass is 431 g/mol. The minimum absolute atomic E-state index is 0.101. The standard InChI is InChI=1S/C24H41N5O2/c1-17(2)14-20-23(30)29(13-9-25-20)21(15-18(3)4)24(31)28-10-6-19(7-11-28)16-22-26-8-12-27(22)5/h8,12,17-21,25H,6-7,9-11,13-16H2,1-5H3/t20-,21-/m0/s1. The van der Waals surface area contributed by atoms with Gasteiger partial charge in [-0.1, -0.05) is 27.7 Å². The molecule has 7 heteroatoms. The molecule has 2 atom stereocenters. The van der Waals surface area contributed by atoms with Crippen molar-refractivity contribution >= 4 is 11.8 Å². The lowest BCUT2D eigenvalue weighted by Crippen LogP contribution is -2.62. The normalized spacial score (nSPS) is 21.9. The lowest BCUT2D eigenvalue weighted by molar-refractivity contribution is -0.150. The first-order chi connectivity index (χ1) is 14.8. The molecule has 31 heavy (non-hydrogen) atoms. The predicted molar refractivity (Wildman–Crippen MR) is 122 cm³/mol. The molecule has 0 bridgehead atoms. The Morgan fingerprint density at radius 2 is 1.87 bits per heavy atom. The number of carbonyl (C=O) groups is 2. The van der Waals surface area contributed by atoms with Crippen LogP contribution in [0, 0.1) is 17.8 Å². The van der Waals surface area contributed by atoms with Gasteiger partial charge in [0.2, 0.25) is 11.8 Å². The van der Waals surface area contributed by atoms with Gasteiger partial charge in [0.25, 0.3) is 0 Å². The van der Waals surface area contributed by atoms with E-state index in [4.69, 9.17) is 0 Å². The summed E-state index contributed by atoms with van der Waals surface area (Å²) in [5, 5.41) is 3.36. The number of amides is 2. The van der Waals surface area contributed by atoms with E-state index in [-0.39, 0.29) is 23.9 Å². The zero-order valence-corrected chi connectivity index (χ0v) is 20.0. The van der Waals surface area contributed by atoms with Gasteiger partial charge in [-0.05, 0) is 43.4 Å². The first kappa shape index (κ1) is 23.8. The fourth-order valence-corrected chi connectivity index (χ4v) is 4.95. The van der Waals surface area contributed by atoms with E-state index in [1.807, 2.05) is 29.2 Å². The van der Waals surface area contributed by atoms with Gasteiger partial charge in [-0.3, -0.25) is 9.59 Å². The Morgan fingerprint density at radius 3 is 2.45 bits per heavy atom. The number of hydrogen-bond acceptors (Lipinski definition) is 4. The maximum Gasteiger partial charge on any atom is 0.245 e. The molecule has 1 aromatic heterocycles. The molecular formula is C24H41N5O2. The number of likely N-dealkylation sites (tertiary alicyclic amines) is 1. The quantitative estimate of drug-likeness (QED) is 0.686. The van der Waals surface area contributed by atoms with E-state index >= 15 is 0 Å². The summed E-state index contributed by atoms with van der Waals surface area (Å²) in [7, 11) is 2.04. The van der Waals surface area contributed by atoms with Gasteiger partial charge in [0.15, 0.2) is 0 Å². The third-order valence-corrected chi connectivity index (χ3v) is 6.71. The van der Waals surface area contributed by atoms with Gasteiger partial charge in [0.1, 0.15) is 11.9 Å². The predicted octanol–water partition coefficient (Wildman–Crippen LogP) is 2.46. The summed E-state index contributed by atoms with van der Waals surface area (Å²) >= 11 is 0. The minimum Gasteiger partial charge on any atom is -0.341 e. The van der Waals surface area contributed by atoms with Crippen LogP contribution in [0.4, 0.5) is 0 Å². The van der Waals surface area contributed by atoms with Crippen LogP contribution >= 0.6 is 0 Å². The van der Waals surface area contributed by atoms with E-state index in [0.29, 0.717) is 24.3 Å². The number of carbonyl (C=O) groups excluding carboxylic acids is 2. The highest BCUT2D eigenvalue weighted by Gasteiger charge is 2.39. The molecule has 2 aliphatic rings. The van der Waals surface area contributed by atoms with Gasteiger partial charge < -0.3 is 19.7 Å². The summed E-state index contributed by atoms with van der Waals surface area (Å²) in [5.74, 6) is 2.72. The molecular weight excluding hydrogens is 390 g/mol. The lowest BCUT2D eigenvalue weighted by Gasteiger charge is -2.42. The fourth-order valence-electron chi connectivity index (χ4n) is 4.95. The zero-order chi connectivity index (χ0) is 22.5. The van der Waals surface area contributed by atoms with Crippen LogP contribution in [-0.4, -0.2) is 69.4 Å². The molecule has 0 radical (unpaired) electrons. The molecule has 0 spiro atoms.